The Bertz CT molecular complexity index is 471. The summed E-state index contributed by atoms with van der Waals surface area (Å²) in [5.74, 6) is -0.193. The average molecular weight is 275 g/mol. The van der Waals surface area contributed by atoms with Gasteiger partial charge >= 0.3 is 6.18 Å². The molecule has 0 atom stereocenters. The zero-order valence-corrected chi connectivity index (χ0v) is 9.85. The third-order valence-corrected chi connectivity index (χ3v) is 1.87. The first-order valence-corrected chi connectivity index (χ1v) is 5.31. The Balaban J connectivity index is 2.47. The van der Waals surface area contributed by atoms with Crippen molar-refractivity contribution in [1.82, 2.24) is 15.0 Å². The molecule has 0 amide bonds. The van der Waals surface area contributed by atoms with Crippen LogP contribution >= 0.6 is 0 Å². The molecule has 0 saturated heterocycles. The molecule has 19 heavy (non-hydrogen) atoms. The zero-order valence-electron chi connectivity index (χ0n) is 9.85. The van der Waals surface area contributed by atoms with Gasteiger partial charge < -0.3 is 11.1 Å². The first kappa shape index (κ1) is 14.7. The summed E-state index contributed by atoms with van der Waals surface area (Å²) in [7, 11) is 0. The molecule has 0 saturated carbocycles. The maximum atomic E-state index is 11.9. The van der Waals surface area contributed by atoms with Gasteiger partial charge in [-0.25, -0.2) is 4.99 Å². The molecule has 0 aromatic carbocycles. The van der Waals surface area contributed by atoms with Crippen LogP contribution in [0.3, 0.4) is 0 Å². The van der Waals surface area contributed by atoms with Gasteiger partial charge in [-0.15, -0.1) is 5.10 Å². The number of nitrogens with zero attached hydrogens (tertiary/aromatic N) is 5. The summed E-state index contributed by atoms with van der Waals surface area (Å²) in [5.41, 5.74) is 5.26. The number of hydrogen-bond donors (Lipinski definition) is 2. The molecule has 7 nitrogen and oxygen atoms in total. The first-order chi connectivity index (χ1) is 8.90. The smallest absolute Gasteiger partial charge is 0.370 e. The molecule has 0 radical (unpaired) electrons. The number of alkyl halides is 3. The van der Waals surface area contributed by atoms with Crippen LogP contribution < -0.4 is 11.1 Å². The standard InChI is InChI=1S/C9H12F3N7/c10-9(11,12)6-15-8(14)17-7-5-16-19(18-7)4-2-1-3-13/h5H,1-2,4,6H2,(H3,14,15,17,18). The summed E-state index contributed by atoms with van der Waals surface area (Å²) in [6.07, 6.45) is -2.13. The Labute approximate surface area is 106 Å². The van der Waals surface area contributed by atoms with Crippen molar-refractivity contribution in [3.63, 3.8) is 0 Å². The molecule has 1 rings (SSSR count). The average Bonchev–Trinajstić information content (AvgIpc) is 2.74. The fourth-order valence-electron chi connectivity index (χ4n) is 1.11. The summed E-state index contributed by atoms with van der Waals surface area (Å²) in [6, 6.07) is 1.98. The van der Waals surface area contributed by atoms with Gasteiger partial charge in [-0.05, 0) is 6.42 Å². The molecule has 0 spiro atoms. The lowest BCUT2D eigenvalue weighted by Gasteiger charge is -2.04. The number of rotatable bonds is 5. The normalized spacial score (nSPS) is 12.2. The third kappa shape index (κ3) is 6.25. The lowest BCUT2D eigenvalue weighted by molar-refractivity contribution is -0.118. The highest BCUT2D eigenvalue weighted by Crippen LogP contribution is 2.14. The van der Waals surface area contributed by atoms with Crippen molar-refractivity contribution in [3.05, 3.63) is 6.20 Å². The Morgan fingerprint density at radius 1 is 1.58 bits per heavy atom. The van der Waals surface area contributed by atoms with Gasteiger partial charge in [-0.1, -0.05) is 0 Å². The Kier molecular flexibility index (Phi) is 5.11. The van der Waals surface area contributed by atoms with Crippen LogP contribution in [0.15, 0.2) is 11.2 Å². The summed E-state index contributed by atoms with van der Waals surface area (Å²) < 4.78 is 35.6. The molecule has 10 heteroatoms. The topological polar surface area (TPSA) is 105 Å². The number of unbranched alkanes of at least 4 members (excludes halogenated alkanes) is 1. The van der Waals surface area contributed by atoms with Crippen LogP contribution in [-0.4, -0.2) is 33.7 Å². The van der Waals surface area contributed by atoms with Gasteiger partial charge in [0.1, 0.15) is 6.54 Å². The number of guanidine groups is 1. The van der Waals surface area contributed by atoms with E-state index < -0.39 is 12.7 Å². The number of anilines is 1. The first-order valence-electron chi connectivity index (χ1n) is 5.31. The van der Waals surface area contributed by atoms with Crippen LogP contribution in [0.2, 0.25) is 0 Å². The second-order valence-electron chi connectivity index (χ2n) is 3.53. The Morgan fingerprint density at radius 3 is 2.95 bits per heavy atom. The predicted molar refractivity (Wildman–Crippen MR) is 61.0 cm³/mol. The molecule has 0 fully saturated rings. The lowest BCUT2D eigenvalue weighted by atomic mass is 10.3. The van der Waals surface area contributed by atoms with Crippen molar-refractivity contribution >= 4 is 11.8 Å². The fourth-order valence-corrected chi connectivity index (χ4v) is 1.11. The van der Waals surface area contributed by atoms with Gasteiger partial charge in [0, 0.05) is 6.42 Å². The molecule has 104 valence electrons. The number of nitriles is 1. The second kappa shape index (κ2) is 6.58. The molecule has 1 heterocycles. The SMILES string of the molecule is N#CCCCn1ncc(N/C(N)=N\CC(F)(F)F)n1. The molecule has 0 bridgehead atoms. The van der Waals surface area contributed by atoms with Gasteiger partial charge in [0.2, 0.25) is 0 Å². The van der Waals surface area contributed by atoms with Crippen LogP contribution in [-0.2, 0) is 6.54 Å². The maximum Gasteiger partial charge on any atom is 0.408 e. The van der Waals surface area contributed by atoms with E-state index in [-0.39, 0.29) is 11.8 Å². The second-order valence-corrected chi connectivity index (χ2v) is 3.53. The third-order valence-electron chi connectivity index (χ3n) is 1.87. The maximum absolute atomic E-state index is 11.9. The van der Waals surface area contributed by atoms with Gasteiger partial charge in [0.05, 0.1) is 18.8 Å². The van der Waals surface area contributed by atoms with Crippen LogP contribution in [0, 0.1) is 11.3 Å². The van der Waals surface area contributed by atoms with Crippen LogP contribution in [0.5, 0.6) is 0 Å². The summed E-state index contributed by atoms with van der Waals surface area (Å²) >= 11 is 0. The molecule has 0 aliphatic heterocycles. The molecule has 1 aromatic rings. The van der Waals surface area contributed by atoms with Crippen molar-refractivity contribution in [2.24, 2.45) is 10.7 Å². The van der Waals surface area contributed by atoms with E-state index in [0.717, 1.165) is 0 Å². The lowest BCUT2D eigenvalue weighted by Crippen LogP contribution is -2.25. The van der Waals surface area contributed by atoms with Crippen molar-refractivity contribution in [2.45, 2.75) is 25.6 Å². The van der Waals surface area contributed by atoms with E-state index in [9.17, 15) is 13.2 Å². The van der Waals surface area contributed by atoms with Crippen molar-refractivity contribution < 1.29 is 13.2 Å². The van der Waals surface area contributed by atoms with Crippen molar-refractivity contribution in [1.29, 1.82) is 5.26 Å². The van der Waals surface area contributed by atoms with E-state index in [1.807, 2.05) is 6.07 Å². The van der Waals surface area contributed by atoms with Crippen LogP contribution in [0.25, 0.3) is 0 Å². The number of aliphatic imine (C=N–C) groups is 1. The van der Waals surface area contributed by atoms with E-state index in [1.54, 1.807) is 0 Å². The highest BCUT2D eigenvalue weighted by molar-refractivity contribution is 5.91. The minimum atomic E-state index is -4.40. The van der Waals surface area contributed by atoms with E-state index in [0.29, 0.717) is 19.4 Å². The number of halogens is 3. The van der Waals surface area contributed by atoms with Gasteiger partial charge in [-0.2, -0.15) is 28.3 Å². The van der Waals surface area contributed by atoms with E-state index in [1.165, 1.54) is 11.0 Å². The summed E-state index contributed by atoms with van der Waals surface area (Å²) in [5, 5.41) is 18.5. The Morgan fingerprint density at radius 2 is 2.32 bits per heavy atom. The van der Waals surface area contributed by atoms with E-state index in [4.69, 9.17) is 11.0 Å². The highest BCUT2D eigenvalue weighted by Gasteiger charge is 2.26. The fraction of sp³-hybridized carbons (Fsp3) is 0.556. The molecular formula is C9H12F3N7. The zero-order chi connectivity index (χ0) is 14.3. The van der Waals surface area contributed by atoms with Crippen molar-refractivity contribution in [2.75, 3.05) is 11.9 Å². The molecule has 0 unspecified atom stereocenters. The Hall–Kier alpha value is -2.31. The molecule has 0 aliphatic rings. The molecule has 0 aliphatic carbocycles. The minimum absolute atomic E-state index is 0.195. The molecule has 3 N–H and O–H groups in total. The van der Waals surface area contributed by atoms with Crippen molar-refractivity contribution in [3.8, 4) is 6.07 Å². The summed E-state index contributed by atoms with van der Waals surface area (Å²) in [6.45, 7) is -0.920. The largest absolute Gasteiger partial charge is 0.408 e. The van der Waals surface area contributed by atoms with Crippen LogP contribution in [0.1, 0.15) is 12.8 Å². The van der Waals surface area contributed by atoms with Gasteiger partial charge in [-0.3, -0.25) is 0 Å². The molecular weight excluding hydrogens is 263 g/mol. The van der Waals surface area contributed by atoms with Crippen LogP contribution in [0.4, 0.5) is 19.0 Å². The quantitative estimate of drug-likeness (QED) is 0.471. The molecule has 1 aromatic heterocycles. The number of aryl methyl sites for hydroxylation is 1. The number of aromatic nitrogens is 3. The number of nitrogens with two attached hydrogens (primary N) is 1. The van der Waals surface area contributed by atoms with E-state index >= 15 is 0 Å². The van der Waals surface area contributed by atoms with Gasteiger partial charge in [0.25, 0.3) is 0 Å². The number of hydrogen-bond acceptors (Lipinski definition) is 4. The van der Waals surface area contributed by atoms with E-state index in [2.05, 4.69) is 20.5 Å². The predicted octanol–water partition coefficient (Wildman–Crippen LogP) is 0.871. The van der Waals surface area contributed by atoms with Gasteiger partial charge in [0.15, 0.2) is 11.8 Å². The summed E-state index contributed by atoms with van der Waals surface area (Å²) in [4.78, 5) is 4.43. The minimum Gasteiger partial charge on any atom is -0.370 e. The monoisotopic (exact) mass is 275 g/mol. The highest BCUT2D eigenvalue weighted by atomic mass is 19.4. The number of nitrogens with one attached hydrogen (secondary N) is 1.